The fourth-order valence-electron chi connectivity index (χ4n) is 2.49. The quantitative estimate of drug-likeness (QED) is 0.914. The first-order chi connectivity index (χ1) is 9.42. The predicted molar refractivity (Wildman–Crippen MR) is 75.3 cm³/mol. The summed E-state index contributed by atoms with van der Waals surface area (Å²) in [6.07, 6.45) is 6.62. The molecule has 1 atom stereocenters. The van der Waals surface area contributed by atoms with E-state index in [4.69, 9.17) is 4.74 Å². The smallest absolute Gasteiger partial charge is 0.232 e. The van der Waals surface area contributed by atoms with E-state index in [2.05, 4.69) is 15.3 Å². The van der Waals surface area contributed by atoms with E-state index in [1.165, 1.54) is 19.3 Å². The van der Waals surface area contributed by atoms with Gasteiger partial charge in [-0.15, -0.1) is 0 Å². The van der Waals surface area contributed by atoms with Gasteiger partial charge < -0.3 is 10.1 Å². The second-order valence-corrected chi connectivity index (χ2v) is 4.98. The lowest BCUT2D eigenvalue weighted by Gasteiger charge is -2.23. The average molecular weight is 257 g/mol. The molecule has 0 bridgehead atoms. The molecule has 0 spiro atoms. The van der Waals surface area contributed by atoms with Crippen molar-refractivity contribution in [1.29, 1.82) is 0 Å². The van der Waals surface area contributed by atoms with Crippen LogP contribution in [-0.2, 0) is 0 Å². The summed E-state index contributed by atoms with van der Waals surface area (Å²) in [6, 6.07) is 8.44. The molecule has 100 valence electrons. The third-order valence-electron chi connectivity index (χ3n) is 3.56. The number of hydrogen-bond donors (Lipinski definition) is 1. The van der Waals surface area contributed by atoms with Gasteiger partial charge in [-0.1, -0.05) is 18.6 Å². The molecule has 0 saturated carbocycles. The van der Waals surface area contributed by atoms with Gasteiger partial charge in [0.05, 0.1) is 23.8 Å². The van der Waals surface area contributed by atoms with Crippen LogP contribution in [0.5, 0.6) is 5.88 Å². The molecule has 0 unspecified atom stereocenters. The van der Waals surface area contributed by atoms with Crippen LogP contribution >= 0.6 is 0 Å². The number of fused-ring (bicyclic) bond motifs is 1. The van der Waals surface area contributed by atoms with Crippen LogP contribution in [0.1, 0.15) is 25.7 Å². The van der Waals surface area contributed by atoms with Gasteiger partial charge in [0.15, 0.2) is 0 Å². The number of rotatable bonds is 4. The molecule has 1 N–H and O–H groups in total. The Balaban J connectivity index is 1.56. The van der Waals surface area contributed by atoms with Crippen molar-refractivity contribution in [3.05, 3.63) is 30.5 Å². The second kappa shape index (κ2) is 5.97. The third kappa shape index (κ3) is 3.20. The molecule has 1 aliphatic heterocycles. The molecular weight excluding hydrogens is 238 g/mol. The Morgan fingerprint density at radius 2 is 2.11 bits per heavy atom. The Morgan fingerprint density at radius 1 is 1.21 bits per heavy atom. The van der Waals surface area contributed by atoms with Crippen LogP contribution < -0.4 is 10.1 Å². The first-order valence-electron chi connectivity index (χ1n) is 7.00. The summed E-state index contributed by atoms with van der Waals surface area (Å²) in [5.41, 5.74) is 1.79. The lowest BCUT2D eigenvalue weighted by molar-refractivity contribution is 0.260. The van der Waals surface area contributed by atoms with Crippen molar-refractivity contribution in [3.63, 3.8) is 0 Å². The summed E-state index contributed by atoms with van der Waals surface area (Å²) < 4.78 is 5.70. The highest BCUT2D eigenvalue weighted by atomic mass is 16.5. The highest BCUT2D eigenvalue weighted by molar-refractivity contribution is 5.73. The molecule has 1 aromatic heterocycles. The van der Waals surface area contributed by atoms with Crippen LogP contribution in [0.4, 0.5) is 0 Å². The maximum Gasteiger partial charge on any atom is 0.232 e. The van der Waals surface area contributed by atoms with Crippen LogP contribution in [0.2, 0.25) is 0 Å². The molecule has 3 rings (SSSR count). The van der Waals surface area contributed by atoms with Crippen LogP contribution in [-0.4, -0.2) is 29.2 Å². The maximum atomic E-state index is 5.70. The number of aromatic nitrogens is 2. The van der Waals surface area contributed by atoms with Crippen LogP contribution in [0.3, 0.4) is 0 Å². The highest BCUT2D eigenvalue weighted by Crippen LogP contribution is 2.14. The first-order valence-corrected chi connectivity index (χ1v) is 7.00. The number of nitrogens with zero attached hydrogens (tertiary/aromatic N) is 2. The molecule has 2 heterocycles. The summed E-state index contributed by atoms with van der Waals surface area (Å²) in [7, 11) is 0. The van der Waals surface area contributed by atoms with Crippen molar-refractivity contribution >= 4 is 11.0 Å². The van der Waals surface area contributed by atoms with E-state index < -0.39 is 0 Å². The minimum Gasteiger partial charge on any atom is -0.476 e. The number of piperidine rings is 1. The molecule has 1 aliphatic rings. The van der Waals surface area contributed by atoms with Crippen molar-refractivity contribution in [3.8, 4) is 5.88 Å². The molecule has 0 radical (unpaired) electrons. The topological polar surface area (TPSA) is 47.0 Å². The second-order valence-electron chi connectivity index (χ2n) is 4.98. The zero-order chi connectivity index (χ0) is 12.9. The Hall–Kier alpha value is -1.68. The fraction of sp³-hybridized carbons (Fsp3) is 0.467. The molecule has 1 fully saturated rings. The average Bonchev–Trinajstić information content (AvgIpc) is 2.48. The molecule has 4 heteroatoms. The Bertz CT molecular complexity index is 538. The van der Waals surface area contributed by atoms with Gasteiger partial charge in [-0.2, -0.15) is 0 Å². The van der Waals surface area contributed by atoms with Gasteiger partial charge >= 0.3 is 0 Å². The van der Waals surface area contributed by atoms with Gasteiger partial charge in [-0.3, -0.25) is 0 Å². The van der Waals surface area contributed by atoms with E-state index in [0.29, 0.717) is 18.5 Å². The Kier molecular flexibility index (Phi) is 3.89. The largest absolute Gasteiger partial charge is 0.476 e. The van der Waals surface area contributed by atoms with Gasteiger partial charge in [0.2, 0.25) is 5.88 Å². The first kappa shape index (κ1) is 12.4. The monoisotopic (exact) mass is 257 g/mol. The van der Waals surface area contributed by atoms with Crippen LogP contribution in [0, 0.1) is 0 Å². The van der Waals surface area contributed by atoms with Gasteiger partial charge in [0.25, 0.3) is 0 Å². The van der Waals surface area contributed by atoms with Gasteiger partial charge in [0, 0.05) is 6.04 Å². The molecular formula is C15H19N3O. The van der Waals surface area contributed by atoms with Crippen molar-refractivity contribution in [2.75, 3.05) is 13.2 Å². The number of benzene rings is 1. The molecule has 4 nitrogen and oxygen atoms in total. The summed E-state index contributed by atoms with van der Waals surface area (Å²) >= 11 is 0. The van der Waals surface area contributed by atoms with E-state index in [9.17, 15) is 0 Å². The van der Waals surface area contributed by atoms with E-state index in [1.807, 2.05) is 24.3 Å². The summed E-state index contributed by atoms with van der Waals surface area (Å²) in [5, 5.41) is 3.52. The van der Waals surface area contributed by atoms with Gasteiger partial charge in [0.1, 0.15) is 0 Å². The number of para-hydroxylation sites is 2. The number of nitrogens with one attached hydrogen (secondary N) is 1. The predicted octanol–water partition coefficient (Wildman–Crippen LogP) is 2.54. The maximum absolute atomic E-state index is 5.70. The van der Waals surface area contributed by atoms with E-state index in [-0.39, 0.29) is 0 Å². The standard InChI is InChI=1S/C15H19N3O/c1-2-7-14-13(6-1)17-11-15(18-14)19-10-8-12-5-3-4-9-16-12/h1-2,6-7,11-12,16H,3-5,8-10H2/t12-/m1/s1. The van der Waals surface area contributed by atoms with Crippen molar-refractivity contribution in [2.45, 2.75) is 31.7 Å². The summed E-state index contributed by atoms with van der Waals surface area (Å²) in [4.78, 5) is 8.80. The van der Waals surface area contributed by atoms with Crippen molar-refractivity contribution in [1.82, 2.24) is 15.3 Å². The van der Waals surface area contributed by atoms with E-state index in [1.54, 1.807) is 6.20 Å². The number of ether oxygens (including phenoxy) is 1. The third-order valence-corrected chi connectivity index (χ3v) is 3.56. The lowest BCUT2D eigenvalue weighted by Crippen LogP contribution is -2.35. The van der Waals surface area contributed by atoms with E-state index >= 15 is 0 Å². The highest BCUT2D eigenvalue weighted by Gasteiger charge is 2.12. The summed E-state index contributed by atoms with van der Waals surface area (Å²) in [6.45, 7) is 1.84. The fourth-order valence-corrected chi connectivity index (χ4v) is 2.49. The minimum atomic E-state index is 0.599. The van der Waals surface area contributed by atoms with Crippen LogP contribution in [0.25, 0.3) is 11.0 Å². The van der Waals surface area contributed by atoms with Crippen molar-refractivity contribution in [2.24, 2.45) is 0 Å². The zero-order valence-corrected chi connectivity index (χ0v) is 11.0. The molecule has 1 saturated heterocycles. The van der Waals surface area contributed by atoms with E-state index in [0.717, 1.165) is 24.0 Å². The molecule has 2 aromatic rings. The Labute approximate surface area is 113 Å². The minimum absolute atomic E-state index is 0.599. The summed E-state index contributed by atoms with van der Waals surface area (Å²) in [5.74, 6) is 0.620. The molecule has 19 heavy (non-hydrogen) atoms. The molecule has 0 amide bonds. The normalized spacial score (nSPS) is 19.5. The molecule has 1 aromatic carbocycles. The SMILES string of the molecule is c1ccc2nc(OCC[C@H]3CCCCN3)cnc2c1. The lowest BCUT2D eigenvalue weighted by atomic mass is 10.0. The molecule has 0 aliphatic carbocycles. The van der Waals surface area contributed by atoms with Gasteiger partial charge in [-0.25, -0.2) is 9.97 Å². The van der Waals surface area contributed by atoms with Crippen molar-refractivity contribution < 1.29 is 4.74 Å². The van der Waals surface area contributed by atoms with Gasteiger partial charge in [-0.05, 0) is 37.9 Å². The van der Waals surface area contributed by atoms with Crippen LogP contribution in [0.15, 0.2) is 30.5 Å². The zero-order valence-electron chi connectivity index (χ0n) is 11.0. The Morgan fingerprint density at radius 3 is 2.95 bits per heavy atom. The number of hydrogen-bond acceptors (Lipinski definition) is 4.